The van der Waals surface area contributed by atoms with E-state index in [2.05, 4.69) is 30.3 Å². The van der Waals surface area contributed by atoms with Crippen LogP contribution in [0.3, 0.4) is 0 Å². The second-order valence-corrected chi connectivity index (χ2v) is 4.00. The van der Waals surface area contributed by atoms with Crippen LogP contribution in [0.2, 0.25) is 0 Å². The molecule has 0 radical (unpaired) electrons. The van der Waals surface area contributed by atoms with Crippen molar-refractivity contribution in [1.29, 1.82) is 0 Å². The first-order valence-corrected chi connectivity index (χ1v) is 5.02. The van der Waals surface area contributed by atoms with Crippen LogP contribution in [-0.4, -0.2) is 6.29 Å². The predicted molar refractivity (Wildman–Crippen MR) is 58.0 cm³/mol. The molecular formula is C13H14O. The molecule has 1 heteroatoms. The summed E-state index contributed by atoms with van der Waals surface area (Å²) < 4.78 is 0. The molecule has 0 fully saturated rings. The van der Waals surface area contributed by atoms with Crippen molar-refractivity contribution in [1.82, 2.24) is 0 Å². The Hall–Kier alpha value is -1.37. The number of aldehydes is 1. The van der Waals surface area contributed by atoms with Gasteiger partial charge in [-0.1, -0.05) is 42.8 Å². The highest BCUT2D eigenvalue weighted by atomic mass is 16.1. The minimum Gasteiger partial charge on any atom is -0.303 e. The molecule has 0 spiro atoms. The van der Waals surface area contributed by atoms with E-state index in [1.54, 1.807) is 0 Å². The van der Waals surface area contributed by atoms with Gasteiger partial charge in [0.1, 0.15) is 6.29 Å². The van der Waals surface area contributed by atoms with Gasteiger partial charge in [0.25, 0.3) is 0 Å². The second-order valence-electron chi connectivity index (χ2n) is 4.00. The van der Waals surface area contributed by atoms with Crippen molar-refractivity contribution in [2.75, 3.05) is 0 Å². The first-order valence-electron chi connectivity index (χ1n) is 5.02. The molecule has 0 saturated heterocycles. The first-order chi connectivity index (χ1) is 6.79. The number of carbonyl (C=O) groups excluding carboxylic acids is 1. The topological polar surface area (TPSA) is 17.1 Å². The number of benzene rings is 1. The van der Waals surface area contributed by atoms with E-state index in [9.17, 15) is 4.79 Å². The first kappa shape index (κ1) is 9.20. The van der Waals surface area contributed by atoms with Gasteiger partial charge in [0, 0.05) is 5.92 Å². The van der Waals surface area contributed by atoms with E-state index in [-0.39, 0.29) is 5.92 Å². The highest BCUT2D eigenvalue weighted by molar-refractivity contribution is 5.64. The molecule has 1 aliphatic rings. The second kappa shape index (κ2) is 3.79. The maximum Gasteiger partial charge on any atom is 0.123 e. The Morgan fingerprint density at radius 1 is 1.43 bits per heavy atom. The summed E-state index contributed by atoms with van der Waals surface area (Å²) in [5.41, 5.74) is 4.09. The number of allylic oxidation sites excluding steroid dienone is 1. The van der Waals surface area contributed by atoms with E-state index in [4.69, 9.17) is 0 Å². The molecule has 0 amide bonds. The Kier molecular flexibility index (Phi) is 2.49. The van der Waals surface area contributed by atoms with Gasteiger partial charge in [0.2, 0.25) is 0 Å². The predicted octanol–water partition coefficient (Wildman–Crippen LogP) is 2.85. The van der Waals surface area contributed by atoms with Crippen molar-refractivity contribution < 1.29 is 4.79 Å². The van der Waals surface area contributed by atoms with Gasteiger partial charge >= 0.3 is 0 Å². The van der Waals surface area contributed by atoms with Crippen LogP contribution in [0, 0.1) is 5.92 Å². The summed E-state index contributed by atoms with van der Waals surface area (Å²) in [5, 5.41) is 0. The monoisotopic (exact) mass is 186 g/mol. The van der Waals surface area contributed by atoms with Crippen LogP contribution >= 0.6 is 0 Å². The third-order valence-corrected chi connectivity index (χ3v) is 2.65. The molecular weight excluding hydrogens is 172 g/mol. The largest absolute Gasteiger partial charge is 0.303 e. The van der Waals surface area contributed by atoms with Crippen molar-refractivity contribution in [2.45, 2.75) is 19.8 Å². The lowest BCUT2D eigenvalue weighted by atomic mass is 10.0. The van der Waals surface area contributed by atoms with E-state index in [1.165, 1.54) is 16.7 Å². The minimum atomic E-state index is 0.149. The lowest BCUT2D eigenvalue weighted by Crippen LogP contribution is -1.97. The van der Waals surface area contributed by atoms with Crippen LogP contribution in [0.25, 0.3) is 6.08 Å². The molecule has 0 N–H and O–H groups in total. The van der Waals surface area contributed by atoms with E-state index < -0.39 is 0 Å². The van der Waals surface area contributed by atoms with E-state index in [0.29, 0.717) is 0 Å². The van der Waals surface area contributed by atoms with E-state index in [1.807, 2.05) is 6.92 Å². The fourth-order valence-corrected chi connectivity index (χ4v) is 1.94. The van der Waals surface area contributed by atoms with Gasteiger partial charge in [0.15, 0.2) is 0 Å². The Balaban J connectivity index is 2.12. The zero-order chi connectivity index (χ0) is 9.97. The quantitative estimate of drug-likeness (QED) is 0.663. The van der Waals surface area contributed by atoms with Crippen LogP contribution in [0.1, 0.15) is 24.5 Å². The highest BCUT2D eigenvalue weighted by Gasteiger charge is 2.13. The summed E-state index contributed by atoms with van der Waals surface area (Å²) in [6.45, 7) is 1.97. The fourth-order valence-electron chi connectivity index (χ4n) is 1.94. The molecule has 2 rings (SSSR count). The van der Waals surface area contributed by atoms with Crippen LogP contribution in [0.4, 0.5) is 0 Å². The Bertz CT molecular complexity index is 377. The Labute approximate surface area is 84.5 Å². The zero-order valence-corrected chi connectivity index (χ0v) is 8.36. The van der Waals surface area contributed by atoms with Crippen molar-refractivity contribution in [3.05, 3.63) is 41.0 Å². The third kappa shape index (κ3) is 1.77. The summed E-state index contributed by atoms with van der Waals surface area (Å²) in [4.78, 5) is 10.5. The van der Waals surface area contributed by atoms with Crippen molar-refractivity contribution in [2.24, 2.45) is 5.92 Å². The lowest BCUT2D eigenvalue weighted by Gasteiger charge is -2.03. The third-order valence-electron chi connectivity index (χ3n) is 2.65. The SMILES string of the molecule is CC(C=O)CC1=Cc2ccccc2C1. The fraction of sp³-hybridized carbons (Fsp3) is 0.308. The summed E-state index contributed by atoms with van der Waals surface area (Å²) in [7, 11) is 0. The lowest BCUT2D eigenvalue weighted by molar-refractivity contribution is -0.110. The molecule has 0 aromatic heterocycles. The van der Waals surface area contributed by atoms with Gasteiger partial charge in [-0.15, -0.1) is 0 Å². The smallest absolute Gasteiger partial charge is 0.123 e. The molecule has 1 aliphatic carbocycles. The summed E-state index contributed by atoms with van der Waals surface area (Å²) in [6.07, 6.45) is 5.17. The van der Waals surface area contributed by atoms with Gasteiger partial charge in [0.05, 0.1) is 0 Å². The standard InChI is InChI=1S/C13H14O/c1-10(9-14)6-11-7-12-4-2-3-5-13(12)8-11/h2-5,7,9-10H,6,8H2,1H3. The molecule has 0 bridgehead atoms. The average Bonchev–Trinajstić information content (AvgIpc) is 2.59. The molecule has 1 nitrogen and oxygen atoms in total. The van der Waals surface area contributed by atoms with E-state index >= 15 is 0 Å². The van der Waals surface area contributed by atoms with Gasteiger partial charge in [-0.2, -0.15) is 0 Å². The molecule has 72 valence electrons. The number of hydrogen-bond donors (Lipinski definition) is 0. The zero-order valence-electron chi connectivity index (χ0n) is 8.36. The molecule has 0 heterocycles. The normalized spacial score (nSPS) is 15.9. The van der Waals surface area contributed by atoms with Crippen molar-refractivity contribution in [3.8, 4) is 0 Å². The molecule has 1 aromatic carbocycles. The molecule has 0 aliphatic heterocycles. The molecule has 0 saturated carbocycles. The van der Waals surface area contributed by atoms with Gasteiger partial charge < -0.3 is 4.79 Å². The average molecular weight is 186 g/mol. The van der Waals surface area contributed by atoms with Gasteiger partial charge in [-0.05, 0) is 24.0 Å². The number of carbonyl (C=O) groups is 1. The summed E-state index contributed by atoms with van der Waals surface area (Å²) >= 11 is 0. The number of fused-ring (bicyclic) bond motifs is 1. The van der Waals surface area contributed by atoms with Crippen LogP contribution in [-0.2, 0) is 11.2 Å². The minimum absolute atomic E-state index is 0.149. The van der Waals surface area contributed by atoms with Crippen LogP contribution < -0.4 is 0 Å². The number of hydrogen-bond acceptors (Lipinski definition) is 1. The van der Waals surface area contributed by atoms with Crippen LogP contribution in [0.5, 0.6) is 0 Å². The maximum atomic E-state index is 10.5. The molecule has 14 heavy (non-hydrogen) atoms. The summed E-state index contributed by atoms with van der Waals surface area (Å²) in [5.74, 6) is 0.149. The van der Waals surface area contributed by atoms with Crippen LogP contribution in [0.15, 0.2) is 29.8 Å². The van der Waals surface area contributed by atoms with Crippen molar-refractivity contribution >= 4 is 12.4 Å². The Morgan fingerprint density at radius 3 is 2.93 bits per heavy atom. The highest BCUT2D eigenvalue weighted by Crippen LogP contribution is 2.27. The Morgan fingerprint density at radius 2 is 2.21 bits per heavy atom. The maximum absolute atomic E-state index is 10.5. The molecule has 1 atom stereocenters. The number of rotatable bonds is 3. The van der Waals surface area contributed by atoms with Gasteiger partial charge in [-0.25, -0.2) is 0 Å². The van der Waals surface area contributed by atoms with Crippen molar-refractivity contribution in [3.63, 3.8) is 0 Å². The molecule has 1 aromatic rings. The van der Waals surface area contributed by atoms with Gasteiger partial charge in [-0.3, -0.25) is 0 Å². The summed E-state index contributed by atoms with van der Waals surface area (Å²) in [6, 6.07) is 8.42. The van der Waals surface area contributed by atoms with E-state index in [0.717, 1.165) is 19.1 Å². The molecule has 1 unspecified atom stereocenters.